The molecule has 4 nitrogen and oxygen atoms in total. The van der Waals surface area contributed by atoms with E-state index in [2.05, 4.69) is 4.98 Å². The molecule has 1 heterocycles. The van der Waals surface area contributed by atoms with Crippen molar-refractivity contribution in [2.75, 3.05) is 0 Å². The first-order chi connectivity index (χ1) is 8.13. The molecule has 4 heteroatoms. The molecule has 1 atom stereocenters. The molecule has 3 N–H and O–H groups in total. The summed E-state index contributed by atoms with van der Waals surface area (Å²) in [5, 5.41) is 20.4. The van der Waals surface area contributed by atoms with Crippen LogP contribution in [0, 0.1) is 0 Å². The minimum Gasteiger partial charge on any atom is -0.506 e. The lowest BCUT2D eigenvalue weighted by Crippen LogP contribution is -2.05. The number of aliphatic hydroxyl groups excluding tert-OH is 1. The van der Waals surface area contributed by atoms with Gasteiger partial charge in [-0.25, -0.2) is 0 Å². The lowest BCUT2D eigenvalue weighted by molar-refractivity contribution is 0.168. The Balaban J connectivity index is 2.66. The molecule has 0 amide bonds. The van der Waals surface area contributed by atoms with E-state index in [1.54, 1.807) is 12.1 Å². The summed E-state index contributed by atoms with van der Waals surface area (Å²) in [6.07, 6.45) is 0.945. The summed E-state index contributed by atoms with van der Waals surface area (Å²) in [6.45, 7) is 1.99. The zero-order valence-corrected chi connectivity index (χ0v) is 9.60. The topological polar surface area (TPSA) is 73.3 Å². The number of aromatic amines is 1. The van der Waals surface area contributed by atoms with Crippen molar-refractivity contribution in [1.29, 1.82) is 0 Å². The maximum atomic E-state index is 11.2. The second-order valence-corrected chi connectivity index (χ2v) is 4.09. The number of aliphatic hydroxyl groups is 1. The van der Waals surface area contributed by atoms with E-state index in [4.69, 9.17) is 0 Å². The number of phenolic OH excluding ortho intramolecular Hbond substituents is 1. The summed E-state index contributed by atoms with van der Waals surface area (Å²) >= 11 is 0. The molecule has 0 aliphatic carbocycles. The molecule has 1 aromatic carbocycles. The van der Waals surface area contributed by atoms with Crippen LogP contribution in [0.5, 0.6) is 5.75 Å². The van der Waals surface area contributed by atoms with E-state index in [-0.39, 0.29) is 11.3 Å². The van der Waals surface area contributed by atoms with Gasteiger partial charge in [-0.3, -0.25) is 4.79 Å². The number of fused-ring (bicyclic) bond motifs is 1. The lowest BCUT2D eigenvalue weighted by Gasteiger charge is -2.13. The first kappa shape index (κ1) is 11.7. The van der Waals surface area contributed by atoms with Crippen LogP contribution < -0.4 is 5.56 Å². The van der Waals surface area contributed by atoms with Gasteiger partial charge >= 0.3 is 0 Å². The number of aromatic hydroxyl groups is 1. The first-order valence-corrected chi connectivity index (χ1v) is 5.66. The maximum absolute atomic E-state index is 11.2. The van der Waals surface area contributed by atoms with Gasteiger partial charge in [-0.2, -0.15) is 0 Å². The van der Waals surface area contributed by atoms with Crippen molar-refractivity contribution in [3.05, 3.63) is 40.2 Å². The van der Waals surface area contributed by atoms with Crippen LogP contribution in [0.15, 0.2) is 29.1 Å². The van der Waals surface area contributed by atoms with E-state index < -0.39 is 6.10 Å². The Bertz CT molecular complexity index is 589. The van der Waals surface area contributed by atoms with Crippen molar-refractivity contribution >= 4 is 10.9 Å². The molecule has 0 spiro atoms. The van der Waals surface area contributed by atoms with Crippen molar-refractivity contribution < 1.29 is 10.2 Å². The molecule has 0 bridgehead atoms. The minimum atomic E-state index is -0.575. The van der Waals surface area contributed by atoms with Gasteiger partial charge in [0.15, 0.2) is 0 Å². The Morgan fingerprint density at radius 1 is 1.29 bits per heavy atom. The van der Waals surface area contributed by atoms with Crippen LogP contribution in [0.3, 0.4) is 0 Å². The molecule has 0 saturated heterocycles. The Labute approximate surface area is 98.5 Å². The average molecular weight is 233 g/mol. The zero-order valence-electron chi connectivity index (χ0n) is 9.60. The van der Waals surface area contributed by atoms with E-state index in [0.29, 0.717) is 17.3 Å². The van der Waals surface area contributed by atoms with E-state index >= 15 is 0 Å². The standard InChI is InChI=1S/C13H15NO3/c1-2-3-10(15)8-4-6-11(16)13-9(8)5-7-12(17)14-13/h4-7,10,15-16H,2-3H2,1H3,(H,14,17). The van der Waals surface area contributed by atoms with Crippen LogP contribution in [-0.2, 0) is 0 Å². The Morgan fingerprint density at radius 2 is 2.06 bits per heavy atom. The predicted molar refractivity (Wildman–Crippen MR) is 66.1 cm³/mol. The second kappa shape index (κ2) is 4.59. The van der Waals surface area contributed by atoms with Crippen LogP contribution in [0.1, 0.15) is 31.4 Å². The Kier molecular flexibility index (Phi) is 3.15. The van der Waals surface area contributed by atoms with Crippen molar-refractivity contribution in [3.63, 3.8) is 0 Å². The third kappa shape index (κ3) is 2.17. The molecular formula is C13H15NO3. The Morgan fingerprint density at radius 3 is 2.76 bits per heavy atom. The fourth-order valence-electron chi connectivity index (χ4n) is 1.98. The fourth-order valence-corrected chi connectivity index (χ4v) is 1.98. The number of rotatable bonds is 3. The summed E-state index contributed by atoms with van der Waals surface area (Å²) in [4.78, 5) is 13.8. The van der Waals surface area contributed by atoms with Crippen molar-refractivity contribution in [2.24, 2.45) is 0 Å². The van der Waals surface area contributed by atoms with Gasteiger partial charge in [0.05, 0.1) is 11.6 Å². The molecule has 0 fully saturated rings. The molecule has 17 heavy (non-hydrogen) atoms. The lowest BCUT2D eigenvalue weighted by atomic mass is 10.00. The normalized spacial score (nSPS) is 12.8. The second-order valence-electron chi connectivity index (χ2n) is 4.09. The van der Waals surface area contributed by atoms with Crippen LogP contribution >= 0.6 is 0 Å². The third-order valence-corrected chi connectivity index (χ3v) is 2.83. The smallest absolute Gasteiger partial charge is 0.248 e. The molecule has 0 saturated carbocycles. The highest BCUT2D eigenvalue weighted by Crippen LogP contribution is 2.30. The van der Waals surface area contributed by atoms with Crippen LogP contribution in [0.25, 0.3) is 10.9 Å². The number of H-pyrrole nitrogens is 1. The van der Waals surface area contributed by atoms with E-state index in [9.17, 15) is 15.0 Å². The Hall–Kier alpha value is -1.81. The molecule has 1 aromatic heterocycles. The number of hydrogen-bond acceptors (Lipinski definition) is 3. The van der Waals surface area contributed by atoms with Crippen LogP contribution in [0.2, 0.25) is 0 Å². The van der Waals surface area contributed by atoms with Gasteiger partial charge in [0.2, 0.25) is 5.56 Å². The number of pyridine rings is 1. The quantitative estimate of drug-likeness (QED) is 0.759. The average Bonchev–Trinajstić information content (AvgIpc) is 2.30. The molecule has 0 aliphatic heterocycles. The maximum Gasteiger partial charge on any atom is 0.248 e. The zero-order chi connectivity index (χ0) is 12.4. The highest BCUT2D eigenvalue weighted by Gasteiger charge is 2.12. The van der Waals surface area contributed by atoms with Crippen LogP contribution in [-0.4, -0.2) is 15.2 Å². The highest BCUT2D eigenvalue weighted by atomic mass is 16.3. The number of aromatic nitrogens is 1. The summed E-state index contributed by atoms with van der Waals surface area (Å²) in [7, 11) is 0. The molecule has 90 valence electrons. The molecular weight excluding hydrogens is 218 g/mol. The highest BCUT2D eigenvalue weighted by molar-refractivity contribution is 5.87. The van der Waals surface area contributed by atoms with Gasteiger partial charge in [0.1, 0.15) is 5.75 Å². The largest absolute Gasteiger partial charge is 0.506 e. The van der Waals surface area contributed by atoms with E-state index in [0.717, 1.165) is 12.0 Å². The number of nitrogens with one attached hydrogen (secondary N) is 1. The van der Waals surface area contributed by atoms with Crippen molar-refractivity contribution in [1.82, 2.24) is 4.98 Å². The van der Waals surface area contributed by atoms with Gasteiger partial charge in [0, 0.05) is 11.5 Å². The van der Waals surface area contributed by atoms with Gasteiger partial charge in [-0.15, -0.1) is 0 Å². The molecule has 1 unspecified atom stereocenters. The summed E-state index contributed by atoms with van der Waals surface area (Å²) < 4.78 is 0. The number of benzene rings is 1. The predicted octanol–water partition coefficient (Wildman–Crippen LogP) is 2.07. The summed E-state index contributed by atoms with van der Waals surface area (Å²) in [5.41, 5.74) is 0.844. The van der Waals surface area contributed by atoms with Gasteiger partial charge in [0.25, 0.3) is 0 Å². The molecule has 2 rings (SSSR count). The van der Waals surface area contributed by atoms with Gasteiger partial charge in [-0.05, 0) is 24.1 Å². The fraction of sp³-hybridized carbons (Fsp3) is 0.308. The summed E-state index contributed by atoms with van der Waals surface area (Å²) in [5.74, 6) is 0.0187. The van der Waals surface area contributed by atoms with Crippen LogP contribution in [0.4, 0.5) is 0 Å². The third-order valence-electron chi connectivity index (χ3n) is 2.83. The van der Waals surface area contributed by atoms with Crippen molar-refractivity contribution in [3.8, 4) is 5.75 Å². The molecule has 0 aliphatic rings. The van der Waals surface area contributed by atoms with Crippen molar-refractivity contribution in [2.45, 2.75) is 25.9 Å². The number of hydrogen-bond donors (Lipinski definition) is 3. The van der Waals surface area contributed by atoms with Gasteiger partial charge in [-0.1, -0.05) is 19.4 Å². The monoisotopic (exact) mass is 233 g/mol. The van der Waals surface area contributed by atoms with E-state index in [1.807, 2.05) is 6.92 Å². The molecule has 0 radical (unpaired) electrons. The summed E-state index contributed by atoms with van der Waals surface area (Å²) in [6, 6.07) is 6.20. The molecule has 2 aromatic rings. The first-order valence-electron chi connectivity index (χ1n) is 5.66. The number of phenols is 1. The minimum absolute atomic E-state index is 0.0187. The van der Waals surface area contributed by atoms with Gasteiger partial charge < -0.3 is 15.2 Å². The SMILES string of the molecule is CCCC(O)c1ccc(O)c2[nH]c(=O)ccc12. The van der Waals surface area contributed by atoms with E-state index in [1.165, 1.54) is 12.1 Å².